The Morgan fingerprint density at radius 3 is 2.42 bits per heavy atom. The molecule has 1 aromatic rings. The van der Waals surface area contributed by atoms with Crippen LogP contribution in [0.3, 0.4) is 0 Å². The third-order valence-corrected chi connectivity index (χ3v) is 3.01. The smallest absolute Gasteiger partial charge is 0.251 e. The molecule has 1 saturated heterocycles. The molecule has 0 saturated carbocycles. The largest absolute Gasteiger partial charge is 0.497 e. The molecule has 0 radical (unpaired) electrons. The molecule has 0 unspecified atom stereocenters. The van der Waals surface area contributed by atoms with Crippen LogP contribution in [0, 0.1) is 0 Å². The summed E-state index contributed by atoms with van der Waals surface area (Å²) in [5.74, 6) is 0.330. The van der Waals surface area contributed by atoms with E-state index in [0.717, 1.165) is 0 Å². The molecule has 0 aliphatic carbocycles. The van der Waals surface area contributed by atoms with Gasteiger partial charge in [-0.2, -0.15) is 0 Å². The highest BCUT2D eigenvalue weighted by Crippen LogP contribution is 2.25. The summed E-state index contributed by atoms with van der Waals surface area (Å²) in [5, 5.41) is 3.11. The zero-order chi connectivity index (χ0) is 14.0. The molecule has 5 heteroatoms. The van der Waals surface area contributed by atoms with Crippen LogP contribution in [0.15, 0.2) is 24.3 Å². The van der Waals surface area contributed by atoms with Crippen LogP contribution in [-0.2, 0) is 9.59 Å². The van der Waals surface area contributed by atoms with E-state index in [2.05, 4.69) is 5.32 Å². The van der Waals surface area contributed by atoms with Gasteiger partial charge in [-0.25, -0.2) is 4.90 Å². The number of carbonyl (C=O) groups excluding carboxylic acids is 2. The van der Waals surface area contributed by atoms with Crippen molar-refractivity contribution in [1.82, 2.24) is 5.32 Å². The van der Waals surface area contributed by atoms with Gasteiger partial charge in [0.05, 0.1) is 25.3 Å². The number of ether oxygens (including phenoxy) is 1. The van der Waals surface area contributed by atoms with Crippen molar-refractivity contribution in [2.75, 3.05) is 12.0 Å². The lowest BCUT2D eigenvalue weighted by Gasteiger charge is -2.17. The summed E-state index contributed by atoms with van der Waals surface area (Å²) in [5.41, 5.74) is 0.587. The first kappa shape index (κ1) is 13.5. The Balaban J connectivity index is 2.19. The number of rotatable bonds is 4. The monoisotopic (exact) mass is 262 g/mol. The molecular formula is C14H18N2O3. The maximum atomic E-state index is 12.2. The van der Waals surface area contributed by atoms with Gasteiger partial charge in [-0.05, 0) is 24.3 Å². The zero-order valence-electron chi connectivity index (χ0n) is 11.3. The highest BCUT2D eigenvalue weighted by molar-refractivity contribution is 6.22. The Morgan fingerprint density at radius 2 is 1.89 bits per heavy atom. The number of hydrogen-bond donors (Lipinski definition) is 1. The van der Waals surface area contributed by atoms with Crippen LogP contribution in [0.4, 0.5) is 5.69 Å². The number of benzene rings is 1. The second-order valence-electron chi connectivity index (χ2n) is 4.84. The highest BCUT2D eigenvalue weighted by atomic mass is 16.5. The lowest BCUT2D eigenvalue weighted by molar-refractivity contribution is -0.121. The summed E-state index contributed by atoms with van der Waals surface area (Å²) < 4.78 is 5.06. The van der Waals surface area contributed by atoms with Crippen LogP contribution in [0.5, 0.6) is 5.75 Å². The SMILES string of the molecule is COc1ccc(N2C(=O)C[C@H](NC(C)C)C2=O)cc1. The van der Waals surface area contributed by atoms with E-state index in [4.69, 9.17) is 4.74 Å². The van der Waals surface area contributed by atoms with Crippen LogP contribution in [0.2, 0.25) is 0 Å². The zero-order valence-corrected chi connectivity index (χ0v) is 11.3. The van der Waals surface area contributed by atoms with E-state index in [1.807, 2.05) is 13.8 Å². The minimum absolute atomic E-state index is 0.164. The molecule has 1 N–H and O–H groups in total. The van der Waals surface area contributed by atoms with Crippen LogP contribution in [-0.4, -0.2) is 31.0 Å². The van der Waals surface area contributed by atoms with E-state index in [1.165, 1.54) is 4.90 Å². The minimum Gasteiger partial charge on any atom is -0.497 e. The van der Waals surface area contributed by atoms with Crippen molar-refractivity contribution in [3.63, 3.8) is 0 Å². The van der Waals surface area contributed by atoms with Crippen LogP contribution in [0.25, 0.3) is 0 Å². The molecule has 1 heterocycles. The molecule has 19 heavy (non-hydrogen) atoms. The molecule has 1 fully saturated rings. The molecular weight excluding hydrogens is 244 g/mol. The number of carbonyl (C=O) groups is 2. The minimum atomic E-state index is -0.422. The first-order valence-corrected chi connectivity index (χ1v) is 6.30. The van der Waals surface area contributed by atoms with E-state index in [9.17, 15) is 9.59 Å². The fourth-order valence-corrected chi connectivity index (χ4v) is 2.17. The summed E-state index contributed by atoms with van der Waals surface area (Å²) in [4.78, 5) is 25.4. The van der Waals surface area contributed by atoms with Crippen molar-refractivity contribution in [3.8, 4) is 5.75 Å². The Morgan fingerprint density at radius 1 is 1.26 bits per heavy atom. The average molecular weight is 262 g/mol. The third kappa shape index (κ3) is 2.76. The lowest BCUT2D eigenvalue weighted by atomic mass is 10.2. The quantitative estimate of drug-likeness (QED) is 0.832. The Bertz CT molecular complexity index is 482. The fourth-order valence-electron chi connectivity index (χ4n) is 2.17. The van der Waals surface area contributed by atoms with Gasteiger partial charge >= 0.3 is 0 Å². The van der Waals surface area contributed by atoms with E-state index >= 15 is 0 Å². The predicted molar refractivity (Wildman–Crippen MR) is 72.2 cm³/mol. The number of nitrogens with zero attached hydrogens (tertiary/aromatic N) is 1. The maximum absolute atomic E-state index is 12.2. The van der Waals surface area contributed by atoms with Gasteiger partial charge in [0.25, 0.3) is 5.91 Å². The van der Waals surface area contributed by atoms with Crippen LogP contribution >= 0.6 is 0 Å². The average Bonchev–Trinajstić information content (AvgIpc) is 2.64. The van der Waals surface area contributed by atoms with Gasteiger partial charge in [-0.3, -0.25) is 9.59 Å². The van der Waals surface area contributed by atoms with Gasteiger partial charge in [0, 0.05) is 6.04 Å². The van der Waals surface area contributed by atoms with Gasteiger partial charge < -0.3 is 10.1 Å². The number of hydrogen-bond acceptors (Lipinski definition) is 4. The predicted octanol–water partition coefficient (Wildman–Crippen LogP) is 1.33. The Kier molecular flexibility index (Phi) is 3.85. The second kappa shape index (κ2) is 5.40. The van der Waals surface area contributed by atoms with E-state index in [1.54, 1.807) is 31.4 Å². The van der Waals surface area contributed by atoms with Crippen LogP contribution < -0.4 is 15.0 Å². The van der Waals surface area contributed by atoms with Crippen molar-refractivity contribution in [1.29, 1.82) is 0 Å². The van der Waals surface area contributed by atoms with E-state index in [0.29, 0.717) is 11.4 Å². The maximum Gasteiger partial charge on any atom is 0.251 e. The lowest BCUT2D eigenvalue weighted by Crippen LogP contribution is -2.41. The molecule has 0 bridgehead atoms. The van der Waals surface area contributed by atoms with Gasteiger partial charge in [0.2, 0.25) is 5.91 Å². The van der Waals surface area contributed by atoms with Gasteiger partial charge in [0.1, 0.15) is 5.75 Å². The normalized spacial score (nSPS) is 19.4. The molecule has 0 spiro atoms. The fraction of sp³-hybridized carbons (Fsp3) is 0.429. The number of amides is 2. The molecule has 2 amide bonds. The summed E-state index contributed by atoms with van der Waals surface area (Å²) >= 11 is 0. The molecule has 2 rings (SSSR count). The second-order valence-corrected chi connectivity index (χ2v) is 4.84. The third-order valence-electron chi connectivity index (χ3n) is 3.01. The van der Waals surface area contributed by atoms with Crippen molar-refractivity contribution >= 4 is 17.5 Å². The van der Waals surface area contributed by atoms with Crippen LogP contribution in [0.1, 0.15) is 20.3 Å². The summed E-state index contributed by atoms with van der Waals surface area (Å²) in [6.07, 6.45) is 0.211. The highest BCUT2D eigenvalue weighted by Gasteiger charge is 2.39. The van der Waals surface area contributed by atoms with Gasteiger partial charge in [-0.15, -0.1) is 0 Å². The van der Waals surface area contributed by atoms with Gasteiger partial charge in [0.15, 0.2) is 0 Å². The number of imide groups is 1. The first-order valence-electron chi connectivity index (χ1n) is 6.30. The van der Waals surface area contributed by atoms with Crippen molar-refractivity contribution in [2.24, 2.45) is 0 Å². The first-order chi connectivity index (χ1) is 9.02. The molecule has 1 aromatic carbocycles. The number of methoxy groups -OCH3 is 1. The van der Waals surface area contributed by atoms with E-state index < -0.39 is 6.04 Å². The topological polar surface area (TPSA) is 58.6 Å². The Labute approximate surface area is 112 Å². The Hall–Kier alpha value is -1.88. The van der Waals surface area contributed by atoms with Crippen molar-refractivity contribution < 1.29 is 14.3 Å². The summed E-state index contributed by atoms with van der Waals surface area (Å²) in [7, 11) is 1.57. The molecule has 1 aliphatic rings. The standard InChI is InChI=1S/C14H18N2O3/c1-9(2)15-12-8-13(17)16(14(12)18)10-4-6-11(19-3)7-5-10/h4-7,9,12,15H,8H2,1-3H3/t12-/m0/s1. The molecule has 102 valence electrons. The molecule has 1 aliphatic heterocycles. The summed E-state index contributed by atoms with van der Waals surface area (Å²) in [6.45, 7) is 3.90. The molecule has 0 aromatic heterocycles. The van der Waals surface area contributed by atoms with Crippen molar-refractivity contribution in [3.05, 3.63) is 24.3 Å². The number of nitrogens with one attached hydrogen (secondary N) is 1. The molecule has 1 atom stereocenters. The van der Waals surface area contributed by atoms with Gasteiger partial charge in [-0.1, -0.05) is 13.8 Å². The number of anilines is 1. The molecule has 5 nitrogen and oxygen atoms in total. The summed E-state index contributed by atoms with van der Waals surface area (Å²) in [6, 6.07) is 6.64. The van der Waals surface area contributed by atoms with Crippen molar-refractivity contribution in [2.45, 2.75) is 32.4 Å². The van der Waals surface area contributed by atoms with E-state index in [-0.39, 0.29) is 24.3 Å².